The van der Waals surface area contributed by atoms with Crippen LogP contribution in [0, 0.1) is 0 Å². The molecule has 226 valence electrons. The van der Waals surface area contributed by atoms with Gasteiger partial charge in [-0.3, -0.25) is 9.59 Å². The van der Waals surface area contributed by atoms with E-state index in [-0.39, 0.29) is 25.1 Å². The van der Waals surface area contributed by atoms with E-state index in [0.29, 0.717) is 27.6 Å². The van der Waals surface area contributed by atoms with Gasteiger partial charge in [-0.25, -0.2) is 4.98 Å². The second kappa shape index (κ2) is 13.0. The van der Waals surface area contributed by atoms with Crippen LogP contribution < -0.4 is 19.7 Å². The highest BCUT2D eigenvalue weighted by Gasteiger charge is 2.31. The van der Waals surface area contributed by atoms with Gasteiger partial charge in [-0.15, -0.1) is 37.7 Å². The number of thiazole rings is 1. The summed E-state index contributed by atoms with van der Waals surface area (Å²) < 4.78 is 83.1. The maximum atomic E-state index is 12.6. The number of hydrogen-bond acceptors (Lipinski definition) is 7. The molecule has 4 rings (SSSR count). The van der Waals surface area contributed by atoms with Crippen molar-refractivity contribution in [3.63, 3.8) is 0 Å². The third kappa shape index (κ3) is 9.36. The van der Waals surface area contributed by atoms with Crippen LogP contribution in [0.2, 0.25) is 0 Å². The van der Waals surface area contributed by atoms with E-state index in [1.807, 2.05) is 0 Å². The standard InChI is InChI=1S/C28H21F6N3O5S/c29-27(30,31)41-21-9-1-17(2-10-21)15-37(20-7-3-19(4-8-20)25(40)35-14-13-24(38)39)26-36-23(16-43-26)18-5-11-22(12-6-18)42-28(32,33)34/h1-12,16H,13-15H2,(H,35,40)(H,38,39). The molecule has 0 saturated carbocycles. The number of carboxylic acid groups (broad SMARTS) is 1. The Kier molecular flexibility index (Phi) is 9.43. The summed E-state index contributed by atoms with van der Waals surface area (Å²) in [5.74, 6) is -2.32. The zero-order valence-electron chi connectivity index (χ0n) is 21.8. The lowest BCUT2D eigenvalue weighted by molar-refractivity contribution is -0.275. The van der Waals surface area contributed by atoms with E-state index < -0.39 is 36.1 Å². The summed E-state index contributed by atoms with van der Waals surface area (Å²) in [5.41, 5.74) is 2.39. The average molecular weight is 626 g/mol. The second-order valence-corrected chi connectivity index (χ2v) is 9.65. The number of alkyl halides is 6. The van der Waals surface area contributed by atoms with Gasteiger partial charge in [0.2, 0.25) is 0 Å². The molecule has 3 aromatic carbocycles. The summed E-state index contributed by atoms with van der Waals surface area (Å²) in [4.78, 5) is 29.4. The third-order valence-corrected chi connectivity index (χ3v) is 6.53. The number of carboxylic acids is 1. The summed E-state index contributed by atoms with van der Waals surface area (Å²) in [7, 11) is 0. The number of amides is 1. The molecule has 1 heterocycles. The van der Waals surface area contributed by atoms with Crippen LogP contribution in [0.3, 0.4) is 0 Å². The molecule has 0 radical (unpaired) electrons. The highest BCUT2D eigenvalue weighted by molar-refractivity contribution is 7.14. The molecule has 0 aliphatic rings. The fraction of sp³-hybridized carbons (Fsp3) is 0.179. The number of carbonyl (C=O) groups is 2. The van der Waals surface area contributed by atoms with Crippen LogP contribution in [0.5, 0.6) is 11.5 Å². The van der Waals surface area contributed by atoms with Crippen LogP contribution in [0.25, 0.3) is 11.3 Å². The van der Waals surface area contributed by atoms with Crippen LogP contribution in [0.15, 0.2) is 78.2 Å². The molecule has 0 fully saturated rings. The molecular weight excluding hydrogens is 604 g/mol. The van der Waals surface area contributed by atoms with Crippen LogP contribution in [-0.2, 0) is 11.3 Å². The van der Waals surface area contributed by atoms with Crippen molar-refractivity contribution in [1.82, 2.24) is 10.3 Å². The van der Waals surface area contributed by atoms with Crippen molar-refractivity contribution in [2.24, 2.45) is 0 Å². The number of aromatic nitrogens is 1. The van der Waals surface area contributed by atoms with E-state index in [2.05, 4.69) is 19.8 Å². The minimum Gasteiger partial charge on any atom is -0.481 e. The number of benzene rings is 3. The van der Waals surface area contributed by atoms with Crippen molar-refractivity contribution in [3.8, 4) is 22.8 Å². The van der Waals surface area contributed by atoms with Gasteiger partial charge < -0.3 is 24.8 Å². The Balaban J connectivity index is 1.59. The molecule has 0 aliphatic heterocycles. The first-order chi connectivity index (χ1) is 20.3. The molecule has 2 N–H and O–H groups in total. The Bertz CT molecular complexity index is 1540. The Morgan fingerprint density at radius 1 is 0.837 bits per heavy atom. The molecule has 0 atom stereocenters. The molecule has 0 aliphatic carbocycles. The topological polar surface area (TPSA) is 101 Å². The lowest BCUT2D eigenvalue weighted by atomic mass is 10.1. The zero-order chi connectivity index (χ0) is 31.2. The zero-order valence-corrected chi connectivity index (χ0v) is 22.6. The fourth-order valence-corrected chi connectivity index (χ4v) is 4.63. The molecule has 8 nitrogen and oxygen atoms in total. The Morgan fingerprint density at radius 2 is 1.40 bits per heavy atom. The maximum absolute atomic E-state index is 12.6. The third-order valence-electron chi connectivity index (χ3n) is 5.67. The van der Waals surface area contributed by atoms with Crippen LogP contribution in [0.1, 0.15) is 22.3 Å². The number of hydrogen-bond donors (Lipinski definition) is 2. The summed E-state index contributed by atoms with van der Waals surface area (Å²) in [5, 5.41) is 13.4. The first kappa shape index (κ1) is 31.2. The molecule has 0 saturated heterocycles. The van der Waals surface area contributed by atoms with E-state index in [9.17, 15) is 35.9 Å². The lowest BCUT2D eigenvalue weighted by Crippen LogP contribution is -2.26. The minimum atomic E-state index is -4.84. The van der Waals surface area contributed by atoms with Gasteiger partial charge in [-0.1, -0.05) is 12.1 Å². The number of halogens is 6. The number of anilines is 2. The molecule has 1 aromatic heterocycles. The number of nitrogens with zero attached hydrogens (tertiary/aromatic N) is 2. The fourth-order valence-electron chi connectivity index (χ4n) is 3.77. The van der Waals surface area contributed by atoms with Crippen molar-refractivity contribution >= 4 is 34.0 Å². The maximum Gasteiger partial charge on any atom is 0.573 e. The number of aliphatic carboxylic acids is 1. The van der Waals surface area contributed by atoms with Crippen molar-refractivity contribution in [2.45, 2.75) is 25.7 Å². The van der Waals surface area contributed by atoms with E-state index in [4.69, 9.17) is 5.11 Å². The van der Waals surface area contributed by atoms with Crippen LogP contribution in [-0.4, -0.2) is 41.2 Å². The molecule has 0 spiro atoms. The van der Waals surface area contributed by atoms with Crippen LogP contribution in [0.4, 0.5) is 37.2 Å². The van der Waals surface area contributed by atoms with Crippen molar-refractivity contribution in [1.29, 1.82) is 0 Å². The summed E-state index contributed by atoms with van der Waals surface area (Å²) in [6, 6.07) is 16.7. The Labute approximate surface area is 244 Å². The predicted octanol–water partition coefficient (Wildman–Crippen LogP) is 7.15. The molecular formula is C28H21F6N3O5S. The smallest absolute Gasteiger partial charge is 0.481 e. The largest absolute Gasteiger partial charge is 0.573 e. The van der Waals surface area contributed by atoms with Gasteiger partial charge in [0.25, 0.3) is 5.91 Å². The van der Waals surface area contributed by atoms with Gasteiger partial charge in [0.1, 0.15) is 11.5 Å². The van der Waals surface area contributed by atoms with E-state index >= 15 is 0 Å². The molecule has 1 amide bonds. The molecule has 0 bridgehead atoms. The normalized spacial score (nSPS) is 11.6. The number of nitrogens with one attached hydrogen (secondary N) is 1. The number of ether oxygens (including phenoxy) is 2. The van der Waals surface area contributed by atoms with Crippen molar-refractivity contribution < 1.29 is 50.5 Å². The van der Waals surface area contributed by atoms with Crippen LogP contribution >= 0.6 is 11.3 Å². The van der Waals surface area contributed by atoms with Gasteiger partial charge in [0.05, 0.1) is 18.7 Å². The van der Waals surface area contributed by atoms with Crippen molar-refractivity contribution in [2.75, 3.05) is 11.4 Å². The van der Waals surface area contributed by atoms with Gasteiger partial charge in [-0.05, 0) is 66.2 Å². The SMILES string of the molecule is O=C(O)CCNC(=O)c1ccc(N(Cc2ccc(OC(F)(F)F)cc2)c2nc(-c3ccc(OC(F)(F)F)cc3)cs2)cc1. The number of rotatable bonds is 11. The predicted molar refractivity (Wildman–Crippen MR) is 144 cm³/mol. The van der Waals surface area contributed by atoms with Gasteiger partial charge in [0.15, 0.2) is 5.13 Å². The Morgan fingerprint density at radius 3 is 1.93 bits per heavy atom. The molecule has 0 unspecified atom stereocenters. The van der Waals surface area contributed by atoms with Gasteiger partial charge >= 0.3 is 18.7 Å². The second-order valence-electron chi connectivity index (χ2n) is 8.81. The highest BCUT2D eigenvalue weighted by atomic mass is 32.1. The van der Waals surface area contributed by atoms with E-state index in [0.717, 1.165) is 12.1 Å². The van der Waals surface area contributed by atoms with Crippen molar-refractivity contribution in [3.05, 3.63) is 89.3 Å². The Hall–Kier alpha value is -4.79. The molecule has 43 heavy (non-hydrogen) atoms. The lowest BCUT2D eigenvalue weighted by Gasteiger charge is -2.23. The summed E-state index contributed by atoms with van der Waals surface area (Å²) in [6.45, 7) is 0.0864. The highest BCUT2D eigenvalue weighted by Crippen LogP contribution is 2.35. The summed E-state index contributed by atoms with van der Waals surface area (Å²) in [6.07, 6.45) is -9.92. The molecule has 15 heteroatoms. The van der Waals surface area contributed by atoms with E-state index in [1.165, 1.54) is 59.9 Å². The van der Waals surface area contributed by atoms with E-state index in [1.54, 1.807) is 22.4 Å². The number of carbonyl (C=O) groups excluding carboxylic acids is 1. The summed E-state index contributed by atoms with van der Waals surface area (Å²) >= 11 is 1.21. The monoisotopic (exact) mass is 625 g/mol. The first-order valence-electron chi connectivity index (χ1n) is 12.3. The first-order valence-corrected chi connectivity index (χ1v) is 13.2. The quantitative estimate of drug-likeness (QED) is 0.171. The van der Waals surface area contributed by atoms with Gasteiger partial charge in [-0.2, -0.15) is 0 Å². The minimum absolute atomic E-state index is 0.0543. The van der Waals surface area contributed by atoms with Gasteiger partial charge in [0, 0.05) is 28.7 Å². The molecule has 4 aromatic rings. The average Bonchev–Trinajstić information content (AvgIpc) is 3.41.